The van der Waals surface area contributed by atoms with Gasteiger partial charge in [0.15, 0.2) is 0 Å². The largest absolute Gasteiger partial charge is 0.468 e. The number of nitrogens with one attached hydrogen (secondary N) is 2. The summed E-state index contributed by atoms with van der Waals surface area (Å²) in [6.07, 6.45) is 2.43. The highest BCUT2D eigenvalue weighted by Gasteiger charge is 2.32. The van der Waals surface area contributed by atoms with Crippen LogP contribution >= 0.6 is 0 Å². The number of carbonyl (C=O) groups is 3. The Morgan fingerprint density at radius 3 is 2.18 bits per heavy atom. The Hall–Kier alpha value is -1.93. The molecule has 0 aromatic carbocycles. The van der Waals surface area contributed by atoms with E-state index < -0.39 is 24.2 Å². The first-order chi connectivity index (χ1) is 13.2. The van der Waals surface area contributed by atoms with Gasteiger partial charge in [-0.3, -0.25) is 19.4 Å². The highest BCUT2D eigenvalue weighted by atomic mass is 16.5. The summed E-state index contributed by atoms with van der Waals surface area (Å²) in [5.74, 6) is -1.03. The molecule has 1 aliphatic heterocycles. The molecule has 3 atom stereocenters. The molecule has 3 unspecified atom stereocenters. The maximum atomic E-state index is 12.4. The van der Waals surface area contributed by atoms with E-state index in [1.54, 1.807) is 13.0 Å². The first-order valence-electron chi connectivity index (χ1n) is 9.78. The molecule has 164 valence electrons. The van der Waals surface area contributed by atoms with E-state index in [1.165, 1.54) is 19.2 Å². The van der Waals surface area contributed by atoms with E-state index in [0.29, 0.717) is 19.4 Å². The van der Waals surface area contributed by atoms with Crippen molar-refractivity contribution in [2.24, 2.45) is 5.92 Å². The van der Waals surface area contributed by atoms with Gasteiger partial charge in [-0.2, -0.15) is 0 Å². The highest BCUT2D eigenvalue weighted by Crippen LogP contribution is 2.11. The second-order valence-electron chi connectivity index (χ2n) is 6.38. The van der Waals surface area contributed by atoms with E-state index in [1.807, 2.05) is 34.6 Å². The summed E-state index contributed by atoms with van der Waals surface area (Å²) >= 11 is 0. The Kier molecular flexibility index (Phi) is 16.2. The van der Waals surface area contributed by atoms with Crippen molar-refractivity contribution in [1.82, 2.24) is 15.8 Å². The number of carbonyl (C=O) groups excluding carboxylic acids is 3. The SMILES string of the molecule is C=CC.CC.COC(=O)C1CCCN(C(=O)C(C)NC(=O)C(OC)C(C)C)N1. The Balaban J connectivity index is 0. The molecule has 0 radical (unpaired) electrons. The average molecular weight is 402 g/mol. The number of nitrogens with zero attached hydrogens (tertiary/aromatic N) is 1. The lowest BCUT2D eigenvalue weighted by molar-refractivity contribution is -0.151. The molecule has 0 aliphatic carbocycles. The first kappa shape index (κ1) is 28.3. The van der Waals surface area contributed by atoms with Crippen LogP contribution in [0.2, 0.25) is 0 Å². The minimum Gasteiger partial charge on any atom is -0.468 e. The van der Waals surface area contributed by atoms with Crippen LogP contribution in [0.5, 0.6) is 0 Å². The predicted octanol–water partition coefficient (Wildman–Crippen LogP) is 2.05. The van der Waals surface area contributed by atoms with Crippen molar-refractivity contribution in [3.63, 3.8) is 0 Å². The van der Waals surface area contributed by atoms with E-state index in [9.17, 15) is 14.4 Å². The Morgan fingerprint density at radius 2 is 1.75 bits per heavy atom. The molecule has 1 saturated heterocycles. The van der Waals surface area contributed by atoms with Gasteiger partial charge in [-0.15, -0.1) is 6.58 Å². The Labute approximate surface area is 170 Å². The maximum absolute atomic E-state index is 12.4. The van der Waals surface area contributed by atoms with Crippen LogP contribution < -0.4 is 10.7 Å². The third-order valence-corrected chi connectivity index (χ3v) is 3.78. The molecule has 0 saturated carbocycles. The monoisotopic (exact) mass is 401 g/mol. The first-order valence-corrected chi connectivity index (χ1v) is 9.78. The zero-order valence-corrected chi connectivity index (χ0v) is 18.7. The zero-order valence-electron chi connectivity index (χ0n) is 18.7. The lowest BCUT2D eigenvalue weighted by Gasteiger charge is -2.34. The molecular weight excluding hydrogens is 362 g/mol. The quantitative estimate of drug-likeness (QED) is 0.522. The molecule has 1 rings (SSSR count). The summed E-state index contributed by atoms with van der Waals surface area (Å²) in [4.78, 5) is 36.1. The summed E-state index contributed by atoms with van der Waals surface area (Å²) in [5, 5.41) is 4.02. The van der Waals surface area contributed by atoms with Crippen molar-refractivity contribution in [1.29, 1.82) is 0 Å². The Bertz CT molecular complexity index is 482. The van der Waals surface area contributed by atoms with Gasteiger partial charge >= 0.3 is 5.97 Å². The van der Waals surface area contributed by atoms with Crippen LogP contribution in [-0.2, 0) is 23.9 Å². The van der Waals surface area contributed by atoms with Crippen molar-refractivity contribution in [3.8, 4) is 0 Å². The number of allylic oxidation sites excluding steroid dienone is 1. The van der Waals surface area contributed by atoms with Crippen molar-refractivity contribution in [3.05, 3.63) is 12.7 Å². The van der Waals surface area contributed by atoms with E-state index in [2.05, 4.69) is 22.1 Å². The topological polar surface area (TPSA) is 97.0 Å². The van der Waals surface area contributed by atoms with Gasteiger partial charge in [0.25, 0.3) is 5.91 Å². The molecule has 1 aliphatic rings. The van der Waals surface area contributed by atoms with Crippen molar-refractivity contribution in [2.75, 3.05) is 20.8 Å². The van der Waals surface area contributed by atoms with Gasteiger partial charge in [-0.25, -0.2) is 5.43 Å². The van der Waals surface area contributed by atoms with E-state index >= 15 is 0 Å². The number of ether oxygens (including phenoxy) is 2. The molecule has 1 fully saturated rings. The fourth-order valence-corrected chi connectivity index (χ4v) is 2.53. The molecule has 28 heavy (non-hydrogen) atoms. The number of hydrazine groups is 1. The number of methoxy groups -OCH3 is 2. The van der Waals surface area contributed by atoms with Crippen LogP contribution in [-0.4, -0.2) is 61.7 Å². The summed E-state index contributed by atoms with van der Waals surface area (Å²) in [5.41, 5.74) is 2.85. The van der Waals surface area contributed by atoms with Crippen molar-refractivity contribution < 1.29 is 23.9 Å². The number of rotatable bonds is 6. The van der Waals surface area contributed by atoms with Crippen LogP contribution in [0.25, 0.3) is 0 Å². The fourth-order valence-electron chi connectivity index (χ4n) is 2.53. The molecule has 0 aromatic heterocycles. The third kappa shape index (κ3) is 9.85. The molecule has 1 heterocycles. The van der Waals surface area contributed by atoms with Crippen LogP contribution in [0.4, 0.5) is 0 Å². The van der Waals surface area contributed by atoms with Gasteiger partial charge in [0, 0.05) is 13.7 Å². The molecule has 0 spiro atoms. The molecule has 0 bridgehead atoms. The normalized spacial score (nSPS) is 17.8. The molecule has 8 nitrogen and oxygen atoms in total. The minimum atomic E-state index is -0.720. The smallest absolute Gasteiger partial charge is 0.324 e. The van der Waals surface area contributed by atoms with Gasteiger partial charge < -0.3 is 14.8 Å². The Morgan fingerprint density at radius 1 is 1.21 bits per heavy atom. The van der Waals surface area contributed by atoms with Crippen molar-refractivity contribution >= 4 is 17.8 Å². The summed E-state index contributed by atoms with van der Waals surface area (Å²) in [6.45, 7) is 15.1. The standard InChI is InChI=1S/C15H27N3O5.C3H6.C2H6/c1-9(2)12(22-4)13(19)16-10(3)14(20)18-8-6-7-11(17-18)15(21)23-5;1-3-2;1-2/h9-12,17H,6-8H2,1-5H3,(H,16,19);3H,1H2,2H3;1-2H3. The molecule has 0 aromatic rings. The van der Waals surface area contributed by atoms with Crippen LogP contribution in [0.3, 0.4) is 0 Å². The van der Waals surface area contributed by atoms with Gasteiger partial charge in [0.1, 0.15) is 18.2 Å². The molecule has 8 heteroatoms. The zero-order chi connectivity index (χ0) is 22.3. The van der Waals surface area contributed by atoms with Crippen LogP contribution in [0.15, 0.2) is 12.7 Å². The minimum absolute atomic E-state index is 0.000816. The van der Waals surface area contributed by atoms with E-state index in [0.717, 1.165) is 0 Å². The summed E-state index contributed by atoms with van der Waals surface area (Å²) in [7, 11) is 2.77. The number of amides is 2. The average Bonchev–Trinajstić information content (AvgIpc) is 2.69. The summed E-state index contributed by atoms with van der Waals surface area (Å²) in [6, 6.07) is -1.26. The molecule has 2 N–H and O–H groups in total. The number of esters is 1. The van der Waals surface area contributed by atoms with Crippen LogP contribution in [0.1, 0.15) is 54.4 Å². The van der Waals surface area contributed by atoms with Gasteiger partial charge in [-0.05, 0) is 32.6 Å². The van der Waals surface area contributed by atoms with E-state index in [-0.39, 0.29) is 17.7 Å². The number of hydrogen-bond donors (Lipinski definition) is 2. The van der Waals surface area contributed by atoms with Crippen molar-refractivity contribution in [2.45, 2.75) is 72.6 Å². The van der Waals surface area contributed by atoms with Gasteiger partial charge in [-0.1, -0.05) is 33.8 Å². The van der Waals surface area contributed by atoms with Gasteiger partial charge in [0.2, 0.25) is 5.91 Å². The fraction of sp³-hybridized carbons (Fsp3) is 0.750. The lowest BCUT2D eigenvalue weighted by Crippen LogP contribution is -2.60. The third-order valence-electron chi connectivity index (χ3n) is 3.78. The number of hydrogen-bond acceptors (Lipinski definition) is 6. The van der Waals surface area contributed by atoms with Gasteiger partial charge in [0.05, 0.1) is 7.11 Å². The second kappa shape index (κ2) is 16.1. The summed E-state index contributed by atoms with van der Waals surface area (Å²) < 4.78 is 9.84. The second-order valence-corrected chi connectivity index (χ2v) is 6.38. The maximum Gasteiger partial charge on any atom is 0.324 e. The van der Waals surface area contributed by atoms with Crippen LogP contribution in [0, 0.1) is 5.92 Å². The molecular formula is C20H39N3O5. The highest BCUT2D eigenvalue weighted by molar-refractivity contribution is 5.89. The van der Waals surface area contributed by atoms with E-state index in [4.69, 9.17) is 4.74 Å². The predicted molar refractivity (Wildman–Crippen MR) is 110 cm³/mol. The lowest BCUT2D eigenvalue weighted by atomic mass is 10.1. The molecule has 2 amide bonds.